The SMILES string of the molecule is CCOC(c1ccccc1)C(NN)c1ccnn1CC. The maximum absolute atomic E-state index is 5.92. The number of benzene rings is 1. The lowest BCUT2D eigenvalue weighted by molar-refractivity contribution is 0.0303. The van der Waals surface area contributed by atoms with Crippen LogP contribution in [0, 0.1) is 0 Å². The van der Waals surface area contributed by atoms with Crippen molar-refractivity contribution in [2.75, 3.05) is 6.61 Å². The number of hydrazine groups is 1. The van der Waals surface area contributed by atoms with Gasteiger partial charge in [-0.05, 0) is 25.5 Å². The van der Waals surface area contributed by atoms with Crippen molar-refractivity contribution in [2.45, 2.75) is 32.5 Å². The Kier molecular flexibility index (Phi) is 5.29. The maximum atomic E-state index is 5.92. The first kappa shape index (κ1) is 14.7. The number of rotatable bonds is 7. The van der Waals surface area contributed by atoms with Crippen LogP contribution in [-0.4, -0.2) is 16.4 Å². The normalized spacial score (nSPS) is 14.2. The lowest BCUT2D eigenvalue weighted by Gasteiger charge is -2.27. The molecule has 20 heavy (non-hydrogen) atoms. The van der Waals surface area contributed by atoms with Gasteiger partial charge in [0.1, 0.15) is 6.10 Å². The zero-order chi connectivity index (χ0) is 14.4. The molecule has 3 N–H and O–H groups in total. The van der Waals surface area contributed by atoms with Gasteiger partial charge in [-0.25, -0.2) is 5.43 Å². The Labute approximate surface area is 119 Å². The first-order chi connectivity index (χ1) is 9.81. The summed E-state index contributed by atoms with van der Waals surface area (Å²) in [7, 11) is 0. The monoisotopic (exact) mass is 274 g/mol. The van der Waals surface area contributed by atoms with Crippen LogP contribution in [0.3, 0.4) is 0 Å². The van der Waals surface area contributed by atoms with E-state index in [4.69, 9.17) is 10.6 Å². The van der Waals surface area contributed by atoms with Gasteiger partial charge in [0, 0.05) is 19.3 Å². The van der Waals surface area contributed by atoms with Crippen LogP contribution >= 0.6 is 0 Å². The molecular formula is C15H22N4O. The molecular weight excluding hydrogens is 252 g/mol. The summed E-state index contributed by atoms with van der Waals surface area (Å²) in [5.41, 5.74) is 5.00. The molecule has 0 aliphatic rings. The van der Waals surface area contributed by atoms with E-state index in [9.17, 15) is 0 Å². The van der Waals surface area contributed by atoms with Gasteiger partial charge in [-0.1, -0.05) is 30.3 Å². The summed E-state index contributed by atoms with van der Waals surface area (Å²) in [4.78, 5) is 0. The van der Waals surface area contributed by atoms with Gasteiger partial charge in [0.25, 0.3) is 0 Å². The van der Waals surface area contributed by atoms with Crippen molar-refractivity contribution in [1.82, 2.24) is 15.2 Å². The molecule has 108 valence electrons. The molecule has 1 aromatic carbocycles. The summed E-state index contributed by atoms with van der Waals surface area (Å²) in [6, 6.07) is 11.9. The van der Waals surface area contributed by atoms with E-state index >= 15 is 0 Å². The Hall–Kier alpha value is -1.69. The molecule has 0 amide bonds. The maximum Gasteiger partial charge on any atom is 0.105 e. The summed E-state index contributed by atoms with van der Waals surface area (Å²) in [5.74, 6) is 5.78. The average Bonchev–Trinajstić information content (AvgIpc) is 2.96. The molecule has 2 unspecified atom stereocenters. The zero-order valence-electron chi connectivity index (χ0n) is 12.0. The highest BCUT2D eigenvalue weighted by Gasteiger charge is 2.26. The Bertz CT molecular complexity index is 512. The zero-order valence-corrected chi connectivity index (χ0v) is 12.0. The molecule has 0 saturated carbocycles. The van der Waals surface area contributed by atoms with Crippen LogP contribution in [0.1, 0.15) is 37.3 Å². The average molecular weight is 274 g/mol. The van der Waals surface area contributed by atoms with E-state index in [2.05, 4.69) is 29.6 Å². The van der Waals surface area contributed by atoms with Crippen molar-refractivity contribution in [3.63, 3.8) is 0 Å². The topological polar surface area (TPSA) is 65.1 Å². The van der Waals surface area contributed by atoms with E-state index in [-0.39, 0.29) is 12.1 Å². The fourth-order valence-corrected chi connectivity index (χ4v) is 2.41. The van der Waals surface area contributed by atoms with Crippen molar-refractivity contribution in [3.05, 3.63) is 53.9 Å². The number of aryl methyl sites for hydroxylation is 1. The molecule has 0 aliphatic carbocycles. The summed E-state index contributed by atoms with van der Waals surface area (Å²) < 4.78 is 7.85. The van der Waals surface area contributed by atoms with E-state index in [1.54, 1.807) is 6.20 Å². The predicted octanol–water partition coefficient (Wildman–Crippen LogP) is 2.19. The Balaban J connectivity index is 2.35. The fourth-order valence-electron chi connectivity index (χ4n) is 2.41. The second-order valence-electron chi connectivity index (χ2n) is 4.50. The minimum Gasteiger partial charge on any atom is -0.372 e. The highest BCUT2D eigenvalue weighted by molar-refractivity contribution is 5.22. The Morgan fingerprint density at radius 2 is 2.00 bits per heavy atom. The van der Waals surface area contributed by atoms with Crippen molar-refractivity contribution < 1.29 is 4.74 Å². The molecule has 2 aromatic rings. The first-order valence-electron chi connectivity index (χ1n) is 6.96. The summed E-state index contributed by atoms with van der Waals surface area (Å²) in [5, 5.41) is 4.31. The van der Waals surface area contributed by atoms with Gasteiger partial charge in [-0.15, -0.1) is 0 Å². The third-order valence-electron chi connectivity index (χ3n) is 3.32. The number of nitrogens with zero attached hydrogens (tertiary/aromatic N) is 2. The molecule has 0 fully saturated rings. The van der Waals surface area contributed by atoms with Crippen molar-refractivity contribution in [2.24, 2.45) is 5.84 Å². The van der Waals surface area contributed by atoms with Crippen LogP contribution in [0.2, 0.25) is 0 Å². The van der Waals surface area contributed by atoms with Gasteiger partial charge < -0.3 is 4.74 Å². The van der Waals surface area contributed by atoms with Crippen LogP contribution in [-0.2, 0) is 11.3 Å². The number of nitrogens with two attached hydrogens (primary N) is 1. The van der Waals surface area contributed by atoms with E-state index in [1.165, 1.54) is 0 Å². The quantitative estimate of drug-likeness (QED) is 0.600. The van der Waals surface area contributed by atoms with Crippen molar-refractivity contribution in [3.8, 4) is 0 Å². The summed E-state index contributed by atoms with van der Waals surface area (Å²) in [6.45, 7) is 5.47. The van der Waals surface area contributed by atoms with Crippen LogP contribution in [0.15, 0.2) is 42.6 Å². The third kappa shape index (κ3) is 3.07. The molecule has 0 bridgehead atoms. The molecule has 2 atom stereocenters. The van der Waals surface area contributed by atoms with Crippen LogP contribution in [0.25, 0.3) is 0 Å². The molecule has 1 heterocycles. The van der Waals surface area contributed by atoms with E-state index in [0.717, 1.165) is 17.8 Å². The molecule has 0 radical (unpaired) electrons. The second kappa shape index (κ2) is 7.19. The first-order valence-corrected chi connectivity index (χ1v) is 6.96. The second-order valence-corrected chi connectivity index (χ2v) is 4.50. The van der Waals surface area contributed by atoms with E-state index in [0.29, 0.717) is 6.61 Å². The highest BCUT2D eigenvalue weighted by Crippen LogP contribution is 2.31. The number of hydrogen-bond acceptors (Lipinski definition) is 4. The van der Waals surface area contributed by atoms with Crippen LogP contribution < -0.4 is 11.3 Å². The minimum atomic E-state index is -0.145. The van der Waals surface area contributed by atoms with Gasteiger partial charge in [-0.3, -0.25) is 10.5 Å². The fraction of sp³-hybridized carbons (Fsp3) is 0.400. The summed E-state index contributed by atoms with van der Waals surface area (Å²) >= 11 is 0. The number of ether oxygens (including phenoxy) is 1. The minimum absolute atomic E-state index is 0.139. The highest BCUT2D eigenvalue weighted by atomic mass is 16.5. The van der Waals surface area contributed by atoms with Gasteiger partial charge in [0.2, 0.25) is 0 Å². The molecule has 0 spiro atoms. The molecule has 0 saturated heterocycles. The van der Waals surface area contributed by atoms with Crippen molar-refractivity contribution >= 4 is 0 Å². The van der Waals surface area contributed by atoms with Crippen LogP contribution in [0.4, 0.5) is 0 Å². The standard InChI is InChI=1S/C15H22N4O/c1-3-19-13(10-11-17-19)14(18-16)15(20-4-2)12-8-6-5-7-9-12/h5-11,14-15,18H,3-4,16H2,1-2H3. The molecule has 5 heteroatoms. The number of nitrogens with one attached hydrogen (secondary N) is 1. The Morgan fingerprint density at radius 1 is 1.25 bits per heavy atom. The van der Waals surface area contributed by atoms with Crippen molar-refractivity contribution in [1.29, 1.82) is 0 Å². The lowest BCUT2D eigenvalue weighted by Crippen LogP contribution is -2.35. The van der Waals surface area contributed by atoms with Gasteiger partial charge in [0.05, 0.1) is 11.7 Å². The number of aromatic nitrogens is 2. The number of hydrogen-bond donors (Lipinski definition) is 2. The molecule has 0 aliphatic heterocycles. The van der Waals surface area contributed by atoms with Gasteiger partial charge in [-0.2, -0.15) is 5.10 Å². The third-order valence-corrected chi connectivity index (χ3v) is 3.32. The van der Waals surface area contributed by atoms with E-state index < -0.39 is 0 Å². The smallest absolute Gasteiger partial charge is 0.105 e. The Morgan fingerprint density at radius 3 is 2.60 bits per heavy atom. The molecule has 1 aromatic heterocycles. The lowest BCUT2D eigenvalue weighted by atomic mass is 10.00. The molecule has 2 rings (SSSR count). The largest absolute Gasteiger partial charge is 0.372 e. The van der Waals surface area contributed by atoms with Gasteiger partial charge in [0.15, 0.2) is 0 Å². The van der Waals surface area contributed by atoms with E-state index in [1.807, 2.05) is 35.9 Å². The predicted molar refractivity (Wildman–Crippen MR) is 78.8 cm³/mol. The van der Waals surface area contributed by atoms with Crippen LogP contribution in [0.5, 0.6) is 0 Å². The summed E-state index contributed by atoms with van der Waals surface area (Å²) in [6.07, 6.45) is 1.64. The van der Waals surface area contributed by atoms with Gasteiger partial charge >= 0.3 is 0 Å². The molecule has 5 nitrogen and oxygen atoms in total.